The van der Waals surface area contributed by atoms with Crippen LogP contribution in [0.1, 0.15) is 10.4 Å². The molecule has 20 heavy (non-hydrogen) atoms. The molecule has 0 amide bonds. The molecule has 0 bridgehead atoms. The number of hydrogen-bond donors (Lipinski definition) is 3. The van der Waals surface area contributed by atoms with Crippen molar-refractivity contribution in [1.29, 1.82) is 0 Å². The van der Waals surface area contributed by atoms with Crippen molar-refractivity contribution in [2.24, 2.45) is 0 Å². The van der Waals surface area contributed by atoms with Crippen molar-refractivity contribution in [3.63, 3.8) is 0 Å². The van der Waals surface area contributed by atoms with Crippen LogP contribution in [0.4, 0.5) is 11.5 Å². The number of nitrogens with zero attached hydrogens (tertiary/aromatic N) is 1. The Labute approximate surface area is 115 Å². The highest BCUT2D eigenvalue weighted by molar-refractivity contribution is 7.92. The molecule has 2 rings (SSSR count). The number of rotatable bonds is 4. The molecule has 4 N–H and O–H groups in total. The molecule has 1 aromatic carbocycles. The number of nitrogens with two attached hydrogens (primary N) is 1. The third-order valence-electron chi connectivity index (χ3n) is 2.50. The number of carbonyl (C=O) groups excluding carboxylic acids is 1. The largest absolute Gasteiger partial charge is 0.465 e. The number of benzene rings is 1. The SMILES string of the molecule is COC(=O)c1ccccc1NS(=O)(=O)c1cn[nH]c1N. The lowest BCUT2D eigenvalue weighted by atomic mass is 10.2. The first-order valence-corrected chi connectivity index (χ1v) is 6.93. The molecule has 0 aliphatic heterocycles. The van der Waals surface area contributed by atoms with Gasteiger partial charge in [-0.25, -0.2) is 13.2 Å². The van der Waals surface area contributed by atoms with Gasteiger partial charge in [0.25, 0.3) is 10.0 Å². The van der Waals surface area contributed by atoms with E-state index in [1.807, 2.05) is 0 Å². The Balaban J connectivity index is 2.41. The fourth-order valence-electron chi connectivity index (χ4n) is 1.56. The molecular formula is C11H12N4O4S. The van der Waals surface area contributed by atoms with Gasteiger partial charge in [0, 0.05) is 0 Å². The van der Waals surface area contributed by atoms with E-state index in [1.165, 1.54) is 19.2 Å². The van der Waals surface area contributed by atoms with Gasteiger partial charge in [0.05, 0.1) is 24.6 Å². The summed E-state index contributed by atoms with van der Waals surface area (Å²) in [6, 6.07) is 6.07. The van der Waals surface area contributed by atoms with Gasteiger partial charge in [0.2, 0.25) is 0 Å². The molecule has 2 aromatic rings. The maximum Gasteiger partial charge on any atom is 0.339 e. The van der Waals surface area contributed by atoms with Crippen LogP contribution in [0.25, 0.3) is 0 Å². The summed E-state index contributed by atoms with van der Waals surface area (Å²) in [5.74, 6) is -0.739. The summed E-state index contributed by atoms with van der Waals surface area (Å²) in [6.45, 7) is 0. The first-order valence-electron chi connectivity index (χ1n) is 5.44. The van der Waals surface area contributed by atoms with Gasteiger partial charge in [-0.3, -0.25) is 9.82 Å². The van der Waals surface area contributed by atoms with Crippen LogP contribution in [-0.2, 0) is 14.8 Å². The highest BCUT2D eigenvalue weighted by atomic mass is 32.2. The monoisotopic (exact) mass is 296 g/mol. The number of hydrogen-bond acceptors (Lipinski definition) is 6. The Bertz CT molecular complexity index is 738. The summed E-state index contributed by atoms with van der Waals surface area (Å²) in [6.07, 6.45) is 1.08. The predicted molar refractivity (Wildman–Crippen MR) is 71.6 cm³/mol. The van der Waals surface area contributed by atoms with Crippen LogP contribution < -0.4 is 10.5 Å². The van der Waals surface area contributed by atoms with E-state index in [9.17, 15) is 13.2 Å². The van der Waals surface area contributed by atoms with Crippen LogP contribution in [0.3, 0.4) is 0 Å². The second-order valence-corrected chi connectivity index (χ2v) is 5.44. The van der Waals surface area contributed by atoms with Gasteiger partial charge in [-0.1, -0.05) is 12.1 Å². The Kier molecular flexibility index (Phi) is 3.61. The maximum atomic E-state index is 12.1. The molecule has 1 aromatic heterocycles. The molecule has 0 saturated carbocycles. The summed E-state index contributed by atoms with van der Waals surface area (Å²) in [5, 5.41) is 5.87. The van der Waals surface area contributed by atoms with Crippen LogP contribution in [0.15, 0.2) is 35.4 Å². The molecule has 0 atom stereocenters. The van der Waals surface area contributed by atoms with Crippen LogP contribution >= 0.6 is 0 Å². The average Bonchev–Trinajstić information content (AvgIpc) is 2.85. The van der Waals surface area contributed by atoms with Crippen molar-refractivity contribution in [3.8, 4) is 0 Å². The summed E-state index contributed by atoms with van der Waals surface area (Å²) in [7, 11) is -2.73. The van der Waals surface area contributed by atoms with E-state index >= 15 is 0 Å². The molecule has 0 saturated heterocycles. The molecule has 9 heteroatoms. The number of ether oxygens (including phenoxy) is 1. The van der Waals surface area contributed by atoms with Crippen LogP contribution in [0, 0.1) is 0 Å². The standard InChI is InChI=1S/C11H12N4O4S/c1-19-11(16)7-4-2-3-5-8(7)15-20(17,18)9-6-13-14-10(9)12/h2-6,15H,1H3,(H3,12,13,14). The van der Waals surface area contributed by atoms with Crippen LogP contribution in [0.5, 0.6) is 0 Å². The van der Waals surface area contributed by atoms with Gasteiger partial charge in [-0.15, -0.1) is 0 Å². The van der Waals surface area contributed by atoms with Crippen molar-refractivity contribution >= 4 is 27.5 Å². The zero-order chi connectivity index (χ0) is 14.8. The quantitative estimate of drug-likeness (QED) is 0.708. The fraction of sp³-hybridized carbons (Fsp3) is 0.0909. The second kappa shape index (κ2) is 5.21. The fourth-order valence-corrected chi connectivity index (χ4v) is 2.66. The number of para-hydroxylation sites is 1. The van der Waals surface area contributed by atoms with E-state index < -0.39 is 16.0 Å². The zero-order valence-corrected chi connectivity index (χ0v) is 11.3. The van der Waals surface area contributed by atoms with Crippen molar-refractivity contribution in [2.45, 2.75) is 4.90 Å². The highest BCUT2D eigenvalue weighted by Crippen LogP contribution is 2.22. The normalized spacial score (nSPS) is 11.1. The molecule has 1 heterocycles. The number of aromatic nitrogens is 2. The summed E-state index contributed by atoms with van der Waals surface area (Å²) >= 11 is 0. The minimum absolute atomic E-state index is 0.0898. The van der Waals surface area contributed by atoms with E-state index in [1.54, 1.807) is 12.1 Å². The zero-order valence-electron chi connectivity index (χ0n) is 10.5. The van der Waals surface area contributed by atoms with Gasteiger partial charge >= 0.3 is 5.97 Å². The topological polar surface area (TPSA) is 127 Å². The molecule has 0 spiro atoms. The minimum atomic E-state index is -3.94. The maximum absolute atomic E-state index is 12.1. The molecular weight excluding hydrogens is 284 g/mol. The average molecular weight is 296 g/mol. The molecule has 0 aliphatic carbocycles. The molecule has 8 nitrogen and oxygen atoms in total. The number of aromatic amines is 1. The number of methoxy groups -OCH3 is 1. The van der Waals surface area contributed by atoms with Crippen molar-refractivity contribution in [3.05, 3.63) is 36.0 Å². The van der Waals surface area contributed by atoms with Crippen molar-refractivity contribution < 1.29 is 17.9 Å². The van der Waals surface area contributed by atoms with E-state index in [-0.39, 0.29) is 22.0 Å². The first kappa shape index (κ1) is 13.9. The Hall–Kier alpha value is -2.55. The second-order valence-electron chi connectivity index (χ2n) is 3.79. The van der Waals surface area contributed by atoms with Gasteiger partial charge in [-0.2, -0.15) is 5.10 Å². The number of H-pyrrole nitrogens is 1. The lowest BCUT2D eigenvalue weighted by Crippen LogP contribution is -2.16. The predicted octanol–water partition coefficient (Wildman–Crippen LogP) is 0.579. The lowest BCUT2D eigenvalue weighted by Gasteiger charge is -2.10. The third kappa shape index (κ3) is 2.57. The number of anilines is 2. The molecule has 0 aliphatic rings. The van der Waals surface area contributed by atoms with Gasteiger partial charge in [-0.05, 0) is 12.1 Å². The minimum Gasteiger partial charge on any atom is -0.465 e. The Morgan fingerprint density at radius 3 is 2.70 bits per heavy atom. The molecule has 0 radical (unpaired) electrons. The lowest BCUT2D eigenvalue weighted by molar-refractivity contribution is 0.0602. The van der Waals surface area contributed by atoms with E-state index in [0.717, 1.165) is 6.20 Å². The smallest absolute Gasteiger partial charge is 0.339 e. The Morgan fingerprint density at radius 1 is 1.40 bits per heavy atom. The van der Waals surface area contributed by atoms with E-state index in [2.05, 4.69) is 19.7 Å². The first-order chi connectivity index (χ1) is 9.45. The number of sulfonamides is 1. The van der Waals surface area contributed by atoms with Crippen molar-refractivity contribution in [1.82, 2.24) is 10.2 Å². The number of nitrogen functional groups attached to an aromatic ring is 1. The van der Waals surface area contributed by atoms with Gasteiger partial charge < -0.3 is 10.5 Å². The number of nitrogens with one attached hydrogen (secondary N) is 2. The summed E-state index contributed by atoms with van der Waals surface area (Å²) in [4.78, 5) is 11.4. The number of carbonyl (C=O) groups is 1. The van der Waals surface area contributed by atoms with Gasteiger partial charge in [0.15, 0.2) is 0 Å². The van der Waals surface area contributed by atoms with Crippen molar-refractivity contribution in [2.75, 3.05) is 17.6 Å². The third-order valence-corrected chi connectivity index (χ3v) is 3.89. The Morgan fingerprint density at radius 2 is 2.10 bits per heavy atom. The molecule has 0 unspecified atom stereocenters. The summed E-state index contributed by atoms with van der Waals surface area (Å²) in [5.41, 5.74) is 5.67. The van der Waals surface area contributed by atoms with Gasteiger partial charge in [0.1, 0.15) is 10.7 Å². The number of esters is 1. The molecule has 0 fully saturated rings. The summed E-state index contributed by atoms with van der Waals surface area (Å²) < 4.78 is 31.2. The van der Waals surface area contributed by atoms with E-state index in [0.29, 0.717) is 0 Å². The van der Waals surface area contributed by atoms with E-state index in [4.69, 9.17) is 5.73 Å². The van der Waals surface area contributed by atoms with Crippen LogP contribution in [-0.4, -0.2) is 31.7 Å². The van der Waals surface area contributed by atoms with Crippen LogP contribution in [0.2, 0.25) is 0 Å². The molecule has 106 valence electrons. The highest BCUT2D eigenvalue weighted by Gasteiger charge is 2.22.